The Balaban J connectivity index is 2.60. The van der Waals surface area contributed by atoms with Crippen molar-refractivity contribution in [3.8, 4) is 0 Å². The van der Waals surface area contributed by atoms with Gasteiger partial charge in [0.2, 0.25) is 0 Å². The predicted molar refractivity (Wildman–Crippen MR) is 65.5 cm³/mol. The molecule has 0 saturated carbocycles. The summed E-state index contributed by atoms with van der Waals surface area (Å²) < 4.78 is 5.70. The number of hydrogen-bond acceptors (Lipinski definition) is 3. The van der Waals surface area contributed by atoms with E-state index in [1.807, 2.05) is 0 Å². The summed E-state index contributed by atoms with van der Waals surface area (Å²) in [6.07, 6.45) is 3.56. The molecule has 0 aromatic heterocycles. The highest BCUT2D eigenvalue weighted by Gasteiger charge is 2.31. The lowest BCUT2D eigenvalue weighted by atomic mass is 9.83. The average Bonchev–Trinajstić information content (AvgIpc) is 2.25. The van der Waals surface area contributed by atoms with Gasteiger partial charge < -0.3 is 9.53 Å². The van der Waals surface area contributed by atoms with Crippen LogP contribution in [0.1, 0.15) is 40.5 Å². The summed E-state index contributed by atoms with van der Waals surface area (Å²) in [5.41, 5.74) is -0.156. The molecule has 3 nitrogen and oxygen atoms in total. The van der Waals surface area contributed by atoms with Crippen LogP contribution in [0.4, 0.5) is 0 Å². The van der Waals surface area contributed by atoms with E-state index in [-0.39, 0.29) is 17.6 Å². The van der Waals surface area contributed by atoms with Gasteiger partial charge in [0, 0.05) is 25.0 Å². The SMILES string of the molecule is CCC(C=O)(CC)CN1C[C@@H](C)O[C@@H](C)C1. The fraction of sp³-hybridized carbons (Fsp3) is 0.923. The van der Waals surface area contributed by atoms with Crippen LogP contribution in [-0.4, -0.2) is 43.0 Å². The van der Waals surface area contributed by atoms with Gasteiger partial charge >= 0.3 is 0 Å². The smallest absolute Gasteiger partial charge is 0.127 e. The van der Waals surface area contributed by atoms with Crippen LogP contribution in [0, 0.1) is 5.41 Å². The van der Waals surface area contributed by atoms with Crippen LogP contribution in [0.15, 0.2) is 0 Å². The zero-order chi connectivity index (χ0) is 12.2. The number of carbonyl (C=O) groups is 1. The fourth-order valence-electron chi connectivity index (χ4n) is 2.54. The van der Waals surface area contributed by atoms with E-state index >= 15 is 0 Å². The number of hydrogen-bond donors (Lipinski definition) is 0. The molecule has 16 heavy (non-hydrogen) atoms. The van der Waals surface area contributed by atoms with Crippen molar-refractivity contribution in [1.82, 2.24) is 4.90 Å². The predicted octanol–water partition coefficient (Wildman–Crippen LogP) is 2.10. The van der Waals surface area contributed by atoms with Crippen molar-refractivity contribution in [2.24, 2.45) is 5.41 Å². The molecule has 0 aliphatic carbocycles. The zero-order valence-corrected chi connectivity index (χ0v) is 11.0. The molecule has 1 aliphatic rings. The number of nitrogens with zero attached hydrogens (tertiary/aromatic N) is 1. The molecule has 0 radical (unpaired) electrons. The first-order chi connectivity index (χ1) is 7.55. The molecule has 2 atom stereocenters. The number of aldehydes is 1. The molecule has 1 rings (SSSR count). The minimum absolute atomic E-state index is 0.156. The second-order valence-electron chi connectivity index (χ2n) is 5.14. The minimum Gasteiger partial charge on any atom is -0.373 e. The first-order valence-electron chi connectivity index (χ1n) is 6.39. The second-order valence-corrected chi connectivity index (χ2v) is 5.14. The van der Waals surface area contributed by atoms with Crippen molar-refractivity contribution in [1.29, 1.82) is 0 Å². The van der Waals surface area contributed by atoms with Gasteiger partial charge in [-0.1, -0.05) is 13.8 Å². The Bertz CT molecular complexity index is 216. The van der Waals surface area contributed by atoms with Crippen molar-refractivity contribution < 1.29 is 9.53 Å². The first-order valence-corrected chi connectivity index (χ1v) is 6.39. The molecule has 1 aliphatic heterocycles. The third-order valence-corrected chi connectivity index (χ3v) is 3.69. The number of rotatable bonds is 5. The lowest BCUT2D eigenvalue weighted by Gasteiger charge is -2.39. The number of carbonyl (C=O) groups excluding carboxylic acids is 1. The van der Waals surface area contributed by atoms with E-state index in [0.29, 0.717) is 0 Å². The van der Waals surface area contributed by atoms with Crippen molar-refractivity contribution in [2.75, 3.05) is 19.6 Å². The summed E-state index contributed by atoms with van der Waals surface area (Å²) >= 11 is 0. The Hall–Kier alpha value is -0.410. The molecule has 0 unspecified atom stereocenters. The van der Waals surface area contributed by atoms with Crippen molar-refractivity contribution >= 4 is 6.29 Å². The van der Waals surface area contributed by atoms with Crippen LogP contribution < -0.4 is 0 Å². The van der Waals surface area contributed by atoms with Gasteiger partial charge in [-0.3, -0.25) is 4.90 Å². The Labute approximate surface area is 99.1 Å². The van der Waals surface area contributed by atoms with Crippen LogP contribution in [-0.2, 0) is 9.53 Å². The Kier molecular flexibility index (Phi) is 4.93. The highest BCUT2D eigenvalue weighted by atomic mass is 16.5. The highest BCUT2D eigenvalue weighted by Crippen LogP contribution is 2.26. The summed E-state index contributed by atoms with van der Waals surface area (Å²) in [4.78, 5) is 13.6. The number of ether oxygens (including phenoxy) is 1. The fourth-order valence-corrected chi connectivity index (χ4v) is 2.54. The summed E-state index contributed by atoms with van der Waals surface area (Å²) in [5, 5.41) is 0. The molecule has 0 bridgehead atoms. The van der Waals surface area contributed by atoms with Gasteiger partial charge in [0.1, 0.15) is 6.29 Å². The van der Waals surface area contributed by atoms with Gasteiger partial charge in [-0.15, -0.1) is 0 Å². The van der Waals surface area contributed by atoms with Gasteiger partial charge in [-0.05, 0) is 26.7 Å². The van der Waals surface area contributed by atoms with Gasteiger partial charge in [0.25, 0.3) is 0 Å². The van der Waals surface area contributed by atoms with E-state index in [9.17, 15) is 4.79 Å². The van der Waals surface area contributed by atoms with E-state index in [0.717, 1.165) is 38.8 Å². The molecule has 0 aromatic carbocycles. The minimum atomic E-state index is -0.156. The Morgan fingerprint density at radius 1 is 1.25 bits per heavy atom. The zero-order valence-electron chi connectivity index (χ0n) is 11.0. The van der Waals surface area contributed by atoms with Gasteiger partial charge in [-0.2, -0.15) is 0 Å². The van der Waals surface area contributed by atoms with Crippen LogP contribution in [0.2, 0.25) is 0 Å². The Morgan fingerprint density at radius 2 is 1.75 bits per heavy atom. The second kappa shape index (κ2) is 5.78. The standard InChI is InChI=1S/C13H25NO2/c1-5-13(6-2,10-15)9-14-7-11(3)16-12(4)8-14/h10-12H,5-9H2,1-4H3/t11-,12+. The van der Waals surface area contributed by atoms with Crippen LogP contribution >= 0.6 is 0 Å². The van der Waals surface area contributed by atoms with Crippen molar-refractivity contribution in [2.45, 2.75) is 52.7 Å². The van der Waals surface area contributed by atoms with Crippen LogP contribution in [0.3, 0.4) is 0 Å². The van der Waals surface area contributed by atoms with Crippen LogP contribution in [0.5, 0.6) is 0 Å². The van der Waals surface area contributed by atoms with Gasteiger partial charge in [-0.25, -0.2) is 0 Å². The van der Waals surface area contributed by atoms with Crippen LogP contribution in [0.25, 0.3) is 0 Å². The van der Waals surface area contributed by atoms with E-state index in [1.165, 1.54) is 0 Å². The summed E-state index contributed by atoms with van der Waals surface area (Å²) in [5.74, 6) is 0. The lowest BCUT2D eigenvalue weighted by Crippen LogP contribution is -2.49. The molecule has 3 heteroatoms. The van der Waals surface area contributed by atoms with Gasteiger partial charge in [0.15, 0.2) is 0 Å². The quantitative estimate of drug-likeness (QED) is 0.674. The maximum Gasteiger partial charge on any atom is 0.127 e. The largest absolute Gasteiger partial charge is 0.373 e. The van der Waals surface area contributed by atoms with Crippen molar-refractivity contribution in [3.63, 3.8) is 0 Å². The third kappa shape index (κ3) is 3.29. The van der Waals surface area contributed by atoms with E-state index < -0.39 is 0 Å². The van der Waals surface area contributed by atoms with E-state index in [4.69, 9.17) is 4.74 Å². The molecular formula is C13H25NO2. The molecular weight excluding hydrogens is 202 g/mol. The summed E-state index contributed by atoms with van der Waals surface area (Å²) in [6.45, 7) is 11.2. The molecule has 0 amide bonds. The first kappa shape index (κ1) is 13.7. The molecule has 0 aromatic rings. The van der Waals surface area contributed by atoms with Crippen molar-refractivity contribution in [3.05, 3.63) is 0 Å². The summed E-state index contributed by atoms with van der Waals surface area (Å²) in [6, 6.07) is 0. The Morgan fingerprint density at radius 3 is 2.12 bits per heavy atom. The molecule has 1 heterocycles. The average molecular weight is 227 g/mol. The number of morpholine rings is 1. The highest BCUT2D eigenvalue weighted by molar-refractivity contribution is 5.59. The molecule has 0 N–H and O–H groups in total. The molecule has 1 saturated heterocycles. The van der Waals surface area contributed by atoms with E-state index in [2.05, 4.69) is 32.6 Å². The third-order valence-electron chi connectivity index (χ3n) is 3.69. The molecule has 1 fully saturated rings. The normalized spacial score (nSPS) is 28.0. The maximum atomic E-state index is 11.3. The lowest BCUT2D eigenvalue weighted by molar-refractivity contribution is -0.121. The topological polar surface area (TPSA) is 29.5 Å². The van der Waals surface area contributed by atoms with E-state index in [1.54, 1.807) is 0 Å². The van der Waals surface area contributed by atoms with Gasteiger partial charge in [0.05, 0.1) is 12.2 Å². The monoisotopic (exact) mass is 227 g/mol. The molecule has 94 valence electrons. The summed E-state index contributed by atoms with van der Waals surface area (Å²) in [7, 11) is 0. The maximum absolute atomic E-state index is 11.3. The molecule has 0 spiro atoms.